The molecule has 44 heavy (non-hydrogen) atoms. The topological polar surface area (TPSA) is 119 Å². The third kappa shape index (κ3) is 4.69. The van der Waals surface area contributed by atoms with Crippen molar-refractivity contribution in [3.63, 3.8) is 0 Å². The van der Waals surface area contributed by atoms with Gasteiger partial charge < -0.3 is 25.4 Å². The highest BCUT2D eigenvalue weighted by Gasteiger charge is 2.35. The van der Waals surface area contributed by atoms with Crippen LogP contribution in [0.2, 0.25) is 0 Å². The first-order valence-electron chi connectivity index (χ1n) is 14.1. The number of benzene rings is 5. The van der Waals surface area contributed by atoms with Gasteiger partial charge in [0.1, 0.15) is 17.3 Å². The average Bonchev–Trinajstić information content (AvgIpc) is 3.63. The second kappa shape index (κ2) is 10.7. The molecular weight excluding hydrogens is 576 g/mol. The first-order valence-corrected chi connectivity index (χ1v) is 14.7. The smallest absolute Gasteiger partial charge is 0.258 e. The van der Waals surface area contributed by atoms with Gasteiger partial charge in [-0.15, -0.1) is 11.6 Å². The zero-order valence-corrected chi connectivity index (χ0v) is 24.4. The van der Waals surface area contributed by atoms with Crippen LogP contribution in [0.3, 0.4) is 0 Å². The van der Waals surface area contributed by atoms with Gasteiger partial charge in [0, 0.05) is 52.2 Å². The Bertz CT molecular complexity index is 2090. The van der Waals surface area contributed by atoms with E-state index in [0.29, 0.717) is 51.8 Å². The maximum atomic E-state index is 13.9. The quantitative estimate of drug-likeness (QED) is 0.154. The number of phenolic OH excluding ortho intramolecular Hbond substituents is 2. The number of anilines is 2. The fourth-order valence-electron chi connectivity index (χ4n) is 5.98. The van der Waals surface area contributed by atoms with Gasteiger partial charge in [-0.3, -0.25) is 9.59 Å². The van der Waals surface area contributed by atoms with E-state index < -0.39 is 0 Å². The summed E-state index contributed by atoms with van der Waals surface area (Å²) in [4.78, 5) is 36.1. The summed E-state index contributed by atoms with van der Waals surface area (Å²) in [5, 5.41) is 24.8. The lowest BCUT2D eigenvalue weighted by atomic mass is 9.92. The van der Waals surface area contributed by atoms with E-state index in [1.165, 1.54) is 12.1 Å². The van der Waals surface area contributed by atoms with Crippen LogP contribution >= 0.6 is 11.6 Å². The van der Waals surface area contributed by atoms with E-state index in [2.05, 4.69) is 10.3 Å². The molecule has 0 saturated heterocycles. The predicted molar refractivity (Wildman–Crippen MR) is 173 cm³/mol. The number of aromatic amines is 1. The Balaban J connectivity index is 1.15. The summed E-state index contributed by atoms with van der Waals surface area (Å²) in [5.41, 5.74) is 6.48. The van der Waals surface area contributed by atoms with Crippen molar-refractivity contribution in [3.8, 4) is 22.9 Å². The third-order valence-corrected chi connectivity index (χ3v) is 8.55. The molecule has 1 aromatic heterocycles. The molecule has 0 radical (unpaired) electrons. The molecule has 0 saturated carbocycles. The van der Waals surface area contributed by atoms with Gasteiger partial charge in [-0.2, -0.15) is 0 Å². The molecule has 1 unspecified atom stereocenters. The molecule has 218 valence electrons. The van der Waals surface area contributed by atoms with Crippen LogP contribution < -0.4 is 10.2 Å². The Hall–Kier alpha value is -5.34. The summed E-state index contributed by atoms with van der Waals surface area (Å²) in [6.45, 7) is 2.43. The lowest BCUT2D eigenvalue weighted by molar-refractivity contribution is 0.0986. The highest BCUT2D eigenvalue weighted by molar-refractivity contribution is 6.19. The number of aromatic nitrogens is 2. The van der Waals surface area contributed by atoms with Crippen molar-refractivity contribution in [1.29, 1.82) is 0 Å². The molecule has 8 nitrogen and oxygen atoms in total. The summed E-state index contributed by atoms with van der Waals surface area (Å²) in [7, 11) is 0. The Morgan fingerprint density at radius 3 is 2.48 bits per heavy atom. The van der Waals surface area contributed by atoms with E-state index in [-0.39, 0.29) is 29.2 Å². The maximum Gasteiger partial charge on any atom is 0.258 e. The number of nitrogens with one attached hydrogen (secondary N) is 2. The molecule has 0 fully saturated rings. The Labute approximate surface area is 257 Å². The molecule has 0 spiro atoms. The summed E-state index contributed by atoms with van der Waals surface area (Å²) in [5.74, 6) is 0.687. The fraction of sp³-hybridized carbons (Fsp3) is 0.114. The number of hydrogen-bond acceptors (Lipinski definition) is 5. The van der Waals surface area contributed by atoms with Crippen molar-refractivity contribution in [3.05, 3.63) is 113 Å². The highest BCUT2D eigenvalue weighted by Crippen LogP contribution is 2.46. The first-order chi connectivity index (χ1) is 21.3. The van der Waals surface area contributed by atoms with Crippen LogP contribution in [0.1, 0.15) is 37.8 Å². The van der Waals surface area contributed by atoms with Crippen LogP contribution in [-0.4, -0.2) is 44.4 Å². The molecule has 0 aliphatic carbocycles. The minimum absolute atomic E-state index is 0.0591. The van der Waals surface area contributed by atoms with Crippen LogP contribution in [0.5, 0.6) is 11.5 Å². The number of fused-ring (bicyclic) bond motifs is 4. The number of halogens is 1. The standard InChI is InChI=1S/C35H27ClN4O4/c1-19-3-2-4-26-30(42)16-29-32(31(19)26)23(17-36)18-40(29)35(44)22-9-14-27-28(15-22)39-33(38-27)20-5-10-24(11-6-20)37-34(43)21-7-12-25(41)13-8-21/h2-16,23,41-42H,17-18H2,1H3,(H,37,43)(H,38,39). The van der Waals surface area contributed by atoms with Gasteiger partial charge in [0.05, 0.1) is 16.7 Å². The number of imidazole rings is 1. The van der Waals surface area contributed by atoms with Crippen molar-refractivity contribution in [2.75, 3.05) is 22.6 Å². The summed E-state index contributed by atoms with van der Waals surface area (Å²) in [6.07, 6.45) is 0. The second-order valence-corrected chi connectivity index (χ2v) is 11.3. The number of phenols is 2. The zero-order valence-electron chi connectivity index (χ0n) is 23.6. The van der Waals surface area contributed by atoms with E-state index >= 15 is 0 Å². The molecule has 1 aliphatic heterocycles. The van der Waals surface area contributed by atoms with Gasteiger partial charge in [-0.1, -0.05) is 18.2 Å². The number of hydrogen-bond donors (Lipinski definition) is 4. The average molecular weight is 603 g/mol. The van der Waals surface area contributed by atoms with E-state index in [1.54, 1.807) is 47.4 Å². The fourth-order valence-corrected chi connectivity index (χ4v) is 6.23. The van der Waals surface area contributed by atoms with Crippen LogP contribution in [0.15, 0.2) is 91.0 Å². The number of carbonyl (C=O) groups excluding carboxylic acids is 2. The SMILES string of the molecule is Cc1cccc2c(O)cc3c(c12)C(CCl)CN3C(=O)c1ccc2nc(-c3ccc(NC(=O)c4ccc(O)cc4)cc3)[nH]c2c1. The van der Waals surface area contributed by atoms with Gasteiger partial charge >= 0.3 is 0 Å². The molecule has 7 rings (SSSR count). The first kappa shape index (κ1) is 27.5. The van der Waals surface area contributed by atoms with Crippen molar-refractivity contribution < 1.29 is 19.8 Å². The zero-order chi connectivity index (χ0) is 30.5. The monoisotopic (exact) mass is 602 g/mol. The van der Waals surface area contributed by atoms with Crippen LogP contribution in [0, 0.1) is 6.92 Å². The van der Waals surface area contributed by atoms with Crippen molar-refractivity contribution in [2.45, 2.75) is 12.8 Å². The van der Waals surface area contributed by atoms with E-state index in [1.807, 2.05) is 43.3 Å². The number of H-pyrrole nitrogens is 1. The van der Waals surface area contributed by atoms with E-state index in [4.69, 9.17) is 16.6 Å². The van der Waals surface area contributed by atoms with Gasteiger partial charge in [0.15, 0.2) is 0 Å². The van der Waals surface area contributed by atoms with E-state index in [0.717, 1.165) is 27.5 Å². The minimum Gasteiger partial charge on any atom is -0.508 e. The van der Waals surface area contributed by atoms with Crippen molar-refractivity contribution in [1.82, 2.24) is 9.97 Å². The van der Waals surface area contributed by atoms with Gasteiger partial charge in [-0.25, -0.2) is 4.98 Å². The lowest BCUT2D eigenvalue weighted by Gasteiger charge is -2.19. The second-order valence-electron chi connectivity index (χ2n) is 11.0. The normalized spacial score (nSPS) is 14.2. The van der Waals surface area contributed by atoms with E-state index in [9.17, 15) is 19.8 Å². The summed E-state index contributed by atoms with van der Waals surface area (Å²) >= 11 is 6.41. The Morgan fingerprint density at radius 1 is 0.977 bits per heavy atom. The van der Waals surface area contributed by atoms with Crippen molar-refractivity contribution in [2.24, 2.45) is 0 Å². The van der Waals surface area contributed by atoms with Crippen LogP contribution in [0.25, 0.3) is 33.2 Å². The highest BCUT2D eigenvalue weighted by atomic mass is 35.5. The number of amides is 2. The molecule has 4 N–H and O–H groups in total. The third-order valence-electron chi connectivity index (χ3n) is 8.18. The van der Waals surface area contributed by atoms with Gasteiger partial charge in [-0.05, 0) is 90.2 Å². The van der Waals surface area contributed by atoms with Crippen LogP contribution in [-0.2, 0) is 0 Å². The predicted octanol–water partition coefficient (Wildman–Crippen LogP) is 7.34. The minimum atomic E-state index is -0.282. The van der Waals surface area contributed by atoms with Gasteiger partial charge in [0.2, 0.25) is 0 Å². The molecule has 2 amide bonds. The Kier molecular flexibility index (Phi) is 6.71. The number of alkyl halides is 1. The molecular formula is C35H27ClN4O4. The molecule has 5 aromatic carbocycles. The molecule has 9 heteroatoms. The number of aromatic hydroxyl groups is 2. The lowest BCUT2D eigenvalue weighted by Crippen LogP contribution is -2.30. The molecule has 0 bridgehead atoms. The number of nitrogens with zero attached hydrogens (tertiary/aromatic N) is 2. The number of aryl methyl sites for hydroxylation is 1. The number of rotatable bonds is 5. The van der Waals surface area contributed by atoms with Gasteiger partial charge in [0.25, 0.3) is 11.8 Å². The Morgan fingerprint density at radius 2 is 1.73 bits per heavy atom. The largest absolute Gasteiger partial charge is 0.508 e. The van der Waals surface area contributed by atoms with Crippen molar-refractivity contribution >= 4 is 56.6 Å². The molecule has 2 heterocycles. The molecule has 6 aromatic rings. The van der Waals surface area contributed by atoms with Crippen LogP contribution in [0.4, 0.5) is 11.4 Å². The molecule has 1 aliphatic rings. The molecule has 1 atom stereocenters. The number of carbonyl (C=O) groups is 2. The maximum absolute atomic E-state index is 13.9. The summed E-state index contributed by atoms with van der Waals surface area (Å²) in [6, 6.07) is 26.2. The summed E-state index contributed by atoms with van der Waals surface area (Å²) < 4.78 is 0.